The first kappa shape index (κ1) is 69.0. The highest BCUT2D eigenvalue weighted by molar-refractivity contribution is 5.71. The normalized spacial score (nSPS) is 17.8. The van der Waals surface area contributed by atoms with Gasteiger partial charge in [-0.2, -0.15) is 0 Å². The summed E-state index contributed by atoms with van der Waals surface area (Å²) < 4.78 is 40.1. The van der Waals surface area contributed by atoms with E-state index in [0.717, 1.165) is 172 Å². The molecule has 0 aliphatic carbocycles. The van der Waals surface area contributed by atoms with Gasteiger partial charge >= 0.3 is 23.6 Å². The summed E-state index contributed by atoms with van der Waals surface area (Å²) in [5, 5.41) is 0. The number of aromatic nitrogens is 2. The Hall–Kier alpha value is -3.07. The molecule has 7 atom stereocenters. The Bertz CT molecular complexity index is 1730. The molecule has 1 aromatic rings. The van der Waals surface area contributed by atoms with E-state index in [0.29, 0.717) is 6.54 Å². The molecule has 0 bridgehead atoms. The summed E-state index contributed by atoms with van der Waals surface area (Å²) in [6.45, 7) is 12.0. The Morgan fingerprint density at radius 3 is 1.18 bits per heavy atom. The second-order valence-corrected chi connectivity index (χ2v) is 22.4. The van der Waals surface area contributed by atoms with Crippen LogP contribution in [0.1, 0.15) is 279 Å². The van der Waals surface area contributed by atoms with Crippen LogP contribution >= 0.6 is 0 Å². The predicted octanol–water partition coefficient (Wildman–Crippen LogP) is 14.1. The molecule has 1 aliphatic rings. The van der Waals surface area contributed by atoms with Gasteiger partial charge in [0.05, 0.1) is 0 Å². The van der Waals surface area contributed by atoms with Crippen LogP contribution in [-0.2, 0) is 49.3 Å². The second-order valence-electron chi connectivity index (χ2n) is 22.4. The van der Waals surface area contributed by atoms with Gasteiger partial charge in [0.2, 0.25) is 0 Å². The van der Waals surface area contributed by atoms with Crippen molar-refractivity contribution in [2.45, 2.75) is 322 Å². The lowest BCUT2D eigenvalue weighted by Crippen LogP contribution is -2.46. The van der Waals surface area contributed by atoms with Crippen LogP contribution in [0.15, 0.2) is 21.9 Å². The molecule has 0 spiro atoms. The topological polar surface area (TPSA) is 154 Å². The highest BCUT2D eigenvalue weighted by Crippen LogP contribution is 2.34. The highest BCUT2D eigenvalue weighted by atomic mass is 16.6. The number of likely N-dealkylation sites (N-methyl/N-ethyl adjacent to an activating group) is 1. The third-order valence-electron chi connectivity index (χ3n) is 14.9. The molecule has 0 N–H and O–H groups in total. The maximum atomic E-state index is 14.6. The van der Waals surface area contributed by atoms with Gasteiger partial charge < -0.3 is 33.3 Å². The third kappa shape index (κ3) is 30.9. The Balaban J connectivity index is 2.48. The lowest BCUT2D eigenvalue weighted by atomic mass is 10.0. The number of carbonyl (C=O) groups is 3. The van der Waals surface area contributed by atoms with Crippen LogP contribution in [0.4, 0.5) is 0 Å². The minimum Gasteiger partial charge on any atom is -0.461 e. The zero-order chi connectivity index (χ0) is 55.6. The summed E-state index contributed by atoms with van der Waals surface area (Å²) in [6.07, 6.45) is 34.3. The van der Waals surface area contributed by atoms with E-state index in [4.69, 9.17) is 28.4 Å². The van der Waals surface area contributed by atoms with Crippen LogP contribution in [0.5, 0.6) is 0 Å². The van der Waals surface area contributed by atoms with E-state index in [-0.39, 0.29) is 18.3 Å². The summed E-state index contributed by atoms with van der Waals surface area (Å²) in [7, 11) is 3.76. The SMILES string of the molecule is CCCCCCCCC(CCCCCC)OC(=O)CO[C@@H]1[C@H](OCC(=O)OC(CCCCCC)CCCCCCCC)[C@@H](CN(C)C)O[C@H]1n1ccc(=O)n(CC(=O)OC(CCCCCC)CCCCCCCC)c1=O. The molecule has 442 valence electrons. The number of unbranched alkanes of at least 4 members (excludes halogenated alkanes) is 24. The third-order valence-corrected chi connectivity index (χ3v) is 14.9. The molecule has 14 nitrogen and oxygen atoms in total. The number of rotatable bonds is 50. The van der Waals surface area contributed by atoms with Gasteiger partial charge in [0.15, 0.2) is 6.23 Å². The predicted molar refractivity (Wildman–Crippen MR) is 307 cm³/mol. The molecule has 2 heterocycles. The van der Waals surface area contributed by atoms with Crippen molar-refractivity contribution < 1.29 is 42.8 Å². The largest absolute Gasteiger partial charge is 0.461 e. The van der Waals surface area contributed by atoms with Gasteiger partial charge in [0.25, 0.3) is 5.56 Å². The number of esters is 3. The summed E-state index contributed by atoms with van der Waals surface area (Å²) in [6, 6.07) is 1.23. The van der Waals surface area contributed by atoms with Crippen molar-refractivity contribution in [3.05, 3.63) is 33.1 Å². The maximum absolute atomic E-state index is 14.6. The average Bonchev–Trinajstić information content (AvgIpc) is 3.73. The fourth-order valence-corrected chi connectivity index (χ4v) is 10.4. The van der Waals surface area contributed by atoms with Crippen molar-refractivity contribution in [2.24, 2.45) is 0 Å². The quantitative estimate of drug-likeness (QED) is 0.0346. The van der Waals surface area contributed by atoms with Crippen molar-refractivity contribution in [1.82, 2.24) is 14.0 Å². The number of hydrogen-bond acceptors (Lipinski definition) is 12. The van der Waals surface area contributed by atoms with Crippen molar-refractivity contribution >= 4 is 17.9 Å². The van der Waals surface area contributed by atoms with Crippen LogP contribution in [0.3, 0.4) is 0 Å². The Morgan fingerprint density at radius 2 is 0.816 bits per heavy atom. The van der Waals surface area contributed by atoms with Crippen LogP contribution in [0, 0.1) is 0 Å². The molecule has 0 amide bonds. The molecule has 1 saturated heterocycles. The first-order chi connectivity index (χ1) is 36.9. The molecule has 76 heavy (non-hydrogen) atoms. The molecular formula is C62H113N3O11. The van der Waals surface area contributed by atoms with E-state index >= 15 is 0 Å². The average molecular weight is 1080 g/mol. The Morgan fingerprint density at radius 1 is 0.487 bits per heavy atom. The van der Waals surface area contributed by atoms with Gasteiger partial charge in [-0.25, -0.2) is 19.0 Å². The van der Waals surface area contributed by atoms with E-state index in [1.54, 1.807) is 0 Å². The van der Waals surface area contributed by atoms with Crippen molar-refractivity contribution in [3.8, 4) is 0 Å². The molecular weight excluding hydrogens is 963 g/mol. The zero-order valence-electron chi connectivity index (χ0n) is 49.8. The smallest absolute Gasteiger partial charge is 0.333 e. The number of carbonyl (C=O) groups excluding carboxylic acids is 3. The van der Waals surface area contributed by atoms with Gasteiger partial charge in [0, 0.05) is 18.8 Å². The molecule has 3 unspecified atom stereocenters. The van der Waals surface area contributed by atoms with E-state index < -0.39 is 73.5 Å². The standard InChI is InChI=1S/C62H113N3O11/c1-9-15-21-27-30-36-42-51(39-33-24-18-12-4)73-56(67)48-65-55(66)45-46-64(62(65)70)61-60(72-50-58(69)75-53(41-35-26-20-14-6)44-38-32-29-23-17-11-3)59(54(76-61)47-63(7)8)71-49-57(68)74-52(40-34-25-19-13-5)43-37-31-28-22-16-10-2/h45-46,51-54,59-61H,9-44,47-50H2,1-8H3/t51?,52?,53?,54-,59-,60-,61-/m1/s1. The van der Waals surface area contributed by atoms with Gasteiger partial charge in [-0.15, -0.1) is 0 Å². The summed E-state index contributed by atoms with van der Waals surface area (Å²) in [5.74, 6) is -1.69. The van der Waals surface area contributed by atoms with E-state index in [1.807, 2.05) is 19.0 Å². The van der Waals surface area contributed by atoms with Crippen LogP contribution in [0.2, 0.25) is 0 Å². The maximum Gasteiger partial charge on any atom is 0.333 e. The van der Waals surface area contributed by atoms with E-state index in [2.05, 4.69) is 41.5 Å². The fraction of sp³-hybridized carbons (Fsp3) is 0.887. The molecule has 0 saturated carbocycles. The van der Waals surface area contributed by atoms with Gasteiger partial charge in [-0.05, 0) is 91.1 Å². The van der Waals surface area contributed by atoms with Crippen LogP contribution in [0.25, 0.3) is 0 Å². The van der Waals surface area contributed by atoms with Gasteiger partial charge in [0.1, 0.15) is 56.4 Å². The molecule has 1 aromatic heterocycles. The molecule has 2 rings (SSSR count). The lowest BCUT2D eigenvalue weighted by Gasteiger charge is -2.27. The van der Waals surface area contributed by atoms with Crippen LogP contribution < -0.4 is 11.2 Å². The Labute approximate surface area is 462 Å². The van der Waals surface area contributed by atoms with Crippen LogP contribution in [-0.4, -0.2) is 102 Å². The molecule has 0 aromatic carbocycles. The minimum atomic E-state index is -1.21. The fourth-order valence-electron chi connectivity index (χ4n) is 10.4. The lowest BCUT2D eigenvalue weighted by molar-refractivity contribution is -0.168. The highest BCUT2D eigenvalue weighted by Gasteiger charge is 2.49. The van der Waals surface area contributed by atoms with Crippen molar-refractivity contribution in [3.63, 3.8) is 0 Å². The second kappa shape index (κ2) is 44.7. The van der Waals surface area contributed by atoms with Crippen molar-refractivity contribution in [1.29, 1.82) is 0 Å². The molecule has 0 radical (unpaired) electrons. The Kier molecular flexibility index (Phi) is 40.6. The minimum absolute atomic E-state index is 0.226. The summed E-state index contributed by atoms with van der Waals surface area (Å²) in [5.41, 5.74) is -1.45. The first-order valence-electron chi connectivity index (χ1n) is 31.4. The first-order valence-corrected chi connectivity index (χ1v) is 31.4. The summed E-state index contributed by atoms with van der Waals surface area (Å²) in [4.78, 5) is 71.4. The van der Waals surface area contributed by atoms with E-state index in [1.165, 1.54) is 81.0 Å². The number of ether oxygens (including phenoxy) is 6. The molecule has 14 heteroatoms. The zero-order valence-corrected chi connectivity index (χ0v) is 49.8. The van der Waals surface area contributed by atoms with Gasteiger partial charge in [-0.1, -0.05) is 196 Å². The molecule has 1 aliphatic heterocycles. The molecule has 1 fully saturated rings. The van der Waals surface area contributed by atoms with Crippen molar-refractivity contribution in [2.75, 3.05) is 33.9 Å². The van der Waals surface area contributed by atoms with E-state index in [9.17, 15) is 24.0 Å². The van der Waals surface area contributed by atoms with Gasteiger partial charge in [-0.3, -0.25) is 14.2 Å². The number of hydrogen-bond donors (Lipinski definition) is 0. The monoisotopic (exact) mass is 1080 g/mol. The summed E-state index contributed by atoms with van der Waals surface area (Å²) >= 11 is 0. The number of nitrogens with zero attached hydrogens (tertiary/aromatic N) is 3.